The molecule has 0 amide bonds. The number of hydrogen-bond donors (Lipinski definition) is 2. The number of para-hydroxylation sites is 2. The Hall–Kier alpha value is -2.99. The monoisotopic (exact) mass is 428 g/mol. The second kappa shape index (κ2) is 10.4. The Balaban J connectivity index is 1.67. The fourth-order valence-corrected chi connectivity index (χ4v) is 3.35. The molecule has 0 spiro atoms. The van der Waals surface area contributed by atoms with Crippen molar-refractivity contribution in [2.45, 2.75) is 32.1 Å². The molecule has 0 aliphatic heterocycles. The summed E-state index contributed by atoms with van der Waals surface area (Å²) in [6.07, 6.45) is -3.52. The Kier molecular flexibility index (Phi) is 7.58. The zero-order valence-corrected chi connectivity index (χ0v) is 17.7. The molecule has 0 radical (unpaired) electrons. The third-order valence-corrected chi connectivity index (χ3v) is 5.02. The summed E-state index contributed by atoms with van der Waals surface area (Å²) in [5.41, 5.74) is 4.37. The molecule has 0 aliphatic rings. The summed E-state index contributed by atoms with van der Waals surface area (Å²) in [5.74, 6) is 0. The lowest BCUT2D eigenvalue weighted by atomic mass is 10.0. The van der Waals surface area contributed by atoms with Crippen LogP contribution in [0.4, 0.5) is 24.5 Å². The number of benzene rings is 3. The molecule has 3 aromatic rings. The molecule has 164 valence electrons. The summed E-state index contributed by atoms with van der Waals surface area (Å²) in [4.78, 5) is 0. The van der Waals surface area contributed by atoms with Crippen LogP contribution in [0.2, 0.25) is 0 Å². The Morgan fingerprint density at radius 1 is 0.839 bits per heavy atom. The van der Waals surface area contributed by atoms with E-state index in [0.29, 0.717) is 13.2 Å². The molecule has 0 saturated carbocycles. The Bertz CT molecular complexity index is 954. The molecule has 0 bridgehead atoms. The van der Waals surface area contributed by atoms with Crippen LogP contribution >= 0.6 is 0 Å². The number of methoxy groups -OCH3 is 1. The maximum Gasteiger partial charge on any atom is 0.416 e. The maximum atomic E-state index is 12.7. The van der Waals surface area contributed by atoms with Crippen LogP contribution in [-0.2, 0) is 23.9 Å². The van der Waals surface area contributed by atoms with Gasteiger partial charge in [-0.15, -0.1) is 0 Å². The van der Waals surface area contributed by atoms with Crippen LogP contribution < -0.4 is 10.6 Å². The second-order valence-corrected chi connectivity index (χ2v) is 7.58. The lowest BCUT2D eigenvalue weighted by Crippen LogP contribution is -2.28. The molecule has 3 nitrogen and oxygen atoms in total. The highest BCUT2D eigenvalue weighted by atomic mass is 19.4. The summed E-state index contributed by atoms with van der Waals surface area (Å²) >= 11 is 0. The van der Waals surface area contributed by atoms with Crippen molar-refractivity contribution >= 4 is 11.4 Å². The molecule has 0 heterocycles. The van der Waals surface area contributed by atoms with E-state index < -0.39 is 11.7 Å². The quantitative estimate of drug-likeness (QED) is 0.420. The van der Waals surface area contributed by atoms with Crippen molar-refractivity contribution in [2.24, 2.45) is 0 Å². The van der Waals surface area contributed by atoms with Crippen molar-refractivity contribution in [2.75, 3.05) is 24.4 Å². The van der Waals surface area contributed by atoms with Gasteiger partial charge in [-0.1, -0.05) is 54.1 Å². The SMILES string of the molecule is COCC(Cc1ccc(C)cc1)Nc1ccccc1NCc1ccc(C(F)(F)F)cc1. The van der Waals surface area contributed by atoms with Crippen molar-refractivity contribution in [1.82, 2.24) is 0 Å². The fraction of sp³-hybridized carbons (Fsp3) is 0.280. The number of halogens is 3. The van der Waals surface area contributed by atoms with E-state index in [0.717, 1.165) is 35.5 Å². The second-order valence-electron chi connectivity index (χ2n) is 7.58. The third-order valence-electron chi connectivity index (χ3n) is 5.02. The first-order valence-corrected chi connectivity index (χ1v) is 10.1. The average Bonchev–Trinajstić information content (AvgIpc) is 2.74. The first kappa shape index (κ1) is 22.7. The highest BCUT2D eigenvalue weighted by molar-refractivity contribution is 5.69. The van der Waals surface area contributed by atoms with Crippen molar-refractivity contribution in [3.8, 4) is 0 Å². The number of anilines is 2. The summed E-state index contributed by atoms with van der Waals surface area (Å²) in [6, 6.07) is 21.5. The van der Waals surface area contributed by atoms with Gasteiger partial charge in [-0.25, -0.2) is 0 Å². The average molecular weight is 428 g/mol. The summed E-state index contributed by atoms with van der Waals surface area (Å²) in [7, 11) is 1.68. The van der Waals surface area contributed by atoms with Gasteiger partial charge in [0.15, 0.2) is 0 Å². The minimum Gasteiger partial charge on any atom is -0.383 e. The predicted octanol–water partition coefficient (Wildman–Crippen LogP) is 6.30. The van der Waals surface area contributed by atoms with E-state index >= 15 is 0 Å². The normalized spacial score (nSPS) is 12.4. The van der Waals surface area contributed by atoms with Crippen LogP contribution in [0.25, 0.3) is 0 Å². The van der Waals surface area contributed by atoms with E-state index in [1.807, 2.05) is 24.3 Å². The molecule has 0 aromatic heterocycles. The molecule has 6 heteroatoms. The van der Waals surface area contributed by atoms with E-state index in [4.69, 9.17) is 4.74 Å². The number of ether oxygens (including phenoxy) is 1. The smallest absolute Gasteiger partial charge is 0.383 e. The van der Waals surface area contributed by atoms with Crippen LogP contribution in [0, 0.1) is 6.92 Å². The molecule has 3 aromatic carbocycles. The highest BCUT2D eigenvalue weighted by Crippen LogP contribution is 2.29. The minimum atomic E-state index is -4.32. The third kappa shape index (κ3) is 6.76. The lowest BCUT2D eigenvalue weighted by molar-refractivity contribution is -0.137. The van der Waals surface area contributed by atoms with Gasteiger partial charge in [0, 0.05) is 13.7 Å². The Labute approximate surface area is 181 Å². The fourth-order valence-electron chi connectivity index (χ4n) is 3.35. The van der Waals surface area contributed by atoms with Crippen molar-refractivity contribution in [3.05, 3.63) is 95.1 Å². The topological polar surface area (TPSA) is 33.3 Å². The van der Waals surface area contributed by atoms with Crippen molar-refractivity contribution < 1.29 is 17.9 Å². The minimum absolute atomic E-state index is 0.0710. The number of hydrogen-bond acceptors (Lipinski definition) is 3. The number of aryl methyl sites for hydroxylation is 1. The zero-order chi connectivity index (χ0) is 22.3. The van der Waals surface area contributed by atoms with Gasteiger partial charge in [0.05, 0.1) is 29.6 Å². The van der Waals surface area contributed by atoms with E-state index in [9.17, 15) is 13.2 Å². The number of alkyl halides is 3. The number of nitrogens with one attached hydrogen (secondary N) is 2. The van der Waals surface area contributed by atoms with E-state index in [1.165, 1.54) is 23.3 Å². The van der Waals surface area contributed by atoms with E-state index in [-0.39, 0.29) is 6.04 Å². The maximum absolute atomic E-state index is 12.7. The summed E-state index contributed by atoms with van der Waals surface area (Å²) < 4.78 is 43.7. The molecular formula is C25H27F3N2O. The van der Waals surface area contributed by atoms with Gasteiger partial charge < -0.3 is 15.4 Å². The molecule has 1 atom stereocenters. The summed E-state index contributed by atoms with van der Waals surface area (Å²) in [5, 5.41) is 6.86. The molecule has 1 unspecified atom stereocenters. The zero-order valence-electron chi connectivity index (χ0n) is 17.7. The van der Waals surface area contributed by atoms with Crippen LogP contribution in [-0.4, -0.2) is 19.8 Å². The first-order chi connectivity index (χ1) is 14.8. The molecular weight excluding hydrogens is 401 g/mol. The predicted molar refractivity (Wildman–Crippen MR) is 119 cm³/mol. The molecule has 3 rings (SSSR count). The lowest BCUT2D eigenvalue weighted by Gasteiger charge is -2.22. The van der Waals surface area contributed by atoms with Gasteiger partial charge in [0.25, 0.3) is 0 Å². The van der Waals surface area contributed by atoms with Gasteiger partial charge in [-0.05, 0) is 48.7 Å². The molecule has 0 aliphatic carbocycles. The van der Waals surface area contributed by atoms with E-state index in [2.05, 4.69) is 41.8 Å². The first-order valence-electron chi connectivity index (χ1n) is 10.1. The van der Waals surface area contributed by atoms with Crippen LogP contribution in [0.3, 0.4) is 0 Å². The Morgan fingerprint density at radius 2 is 1.45 bits per heavy atom. The van der Waals surface area contributed by atoms with Crippen LogP contribution in [0.1, 0.15) is 22.3 Å². The highest BCUT2D eigenvalue weighted by Gasteiger charge is 2.29. The van der Waals surface area contributed by atoms with Crippen molar-refractivity contribution in [1.29, 1.82) is 0 Å². The van der Waals surface area contributed by atoms with Gasteiger partial charge >= 0.3 is 6.18 Å². The standard InChI is InChI=1S/C25H27F3N2O/c1-18-7-9-19(10-8-18)15-22(17-31-2)30-24-6-4-3-5-23(24)29-16-20-11-13-21(14-12-20)25(26,27)28/h3-14,22,29-30H,15-17H2,1-2H3. The van der Waals surface area contributed by atoms with Gasteiger partial charge in [-0.2, -0.15) is 13.2 Å². The van der Waals surface area contributed by atoms with Gasteiger partial charge in [-0.3, -0.25) is 0 Å². The van der Waals surface area contributed by atoms with Crippen molar-refractivity contribution in [3.63, 3.8) is 0 Å². The summed E-state index contributed by atoms with van der Waals surface area (Å²) in [6.45, 7) is 3.03. The van der Waals surface area contributed by atoms with Gasteiger partial charge in [0.2, 0.25) is 0 Å². The molecule has 31 heavy (non-hydrogen) atoms. The number of rotatable bonds is 9. The van der Waals surface area contributed by atoms with Gasteiger partial charge in [0.1, 0.15) is 0 Å². The van der Waals surface area contributed by atoms with Crippen LogP contribution in [0.5, 0.6) is 0 Å². The molecule has 0 saturated heterocycles. The molecule has 0 fully saturated rings. The Morgan fingerprint density at radius 3 is 2.06 bits per heavy atom. The molecule has 2 N–H and O–H groups in total. The van der Waals surface area contributed by atoms with E-state index in [1.54, 1.807) is 7.11 Å². The van der Waals surface area contributed by atoms with Crippen LogP contribution in [0.15, 0.2) is 72.8 Å². The largest absolute Gasteiger partial charge is 0.416 e.